The highest BCUT2D eigenvalue weighted by Gasteiger charge is 2.50. The predicted molar refractivity (Wildman–Crippen MR) is 94.6 cm³/mol. The summed E-state index contributed by atoms with van der Waals surface area (Å²) in [5.41, 5.74) is 0.590. The van der Waals surface area contributed by atoms with Gasteiger partial charge >= 0.3 is 6.16 Å². The Bertz CT molecular complexity index is 962. The molecule has 0 spiro atoms. The van der Waals surface area contributed by atoms with Gasteiger partial charge in [-0.2, -0.15) is 0 Å². The molecular formula is C19H16O6S. The molecular weight excluding hydrogens is 356 g/mol. The summed E-state index contributed by atoms with van der Waals surface area (Å²) in [6.07, 6.45) is -1.12. The monoisotopic (exact) mass is 372 g/mol. The van der Waals surface area contributed by atoms with Crippen molar-refractivity contribution in [3.63, 3.8) is 0 Å². The second-order valence-electron chi connectivity index (χ2n) is 5.51. The molecule has 0 amide bonds. The van der Waals surface area contributed by atoms with Crippen molar-refractivity contribution >= 4 is 26.7 Å². The van der Waals surface area contributed by atoms with E-state index in [4.69, 9.17) is 9.47 Å². The summed E-state index contributed by atoms with van der Waals surface area (Å²) < 4.78 is 36.0. The van der Waals surface area contributed by atoms with Gasteiger partial charge in [0.15, 0.2) is 20.8 Å². The number of sulfone groups is 1. The van der Waals surface area contributed by atoms with Crippen LogP contribution in [0.3, 0.4) is 0 Å². The normalized spacial score (nSPS) is 18.7. The van der Waals surface area contributed by atoms with Gasteiger partial charge in [0.2, 0.25) is 5.78 Å². The second kappa shape index (κ2) is 7.13. The summed E-state index contributed by atoms with van der Waals surface area (Å²) in [5, 5.41) is -1.46. The fourth-order valence-corrected chi connectivity index (χ4v) is 4.79. The summed E-state index contributed by atoms with van der Waals surface area (Å²) in [7, 11) is -4.10. The Hall–Kier alpha value is -2.93. The SMILES string of the molecule is CCOC(=O)OC1=C(c2ccccc2)S(=O)(=O)C(c2ccccc2)C1=O. The molecule has 0 N–H and O–H groups in total. The first-order chi connectivity index (χ1) is 12.5. The van der Waals surface area contributed by atoms with E-state index in [0.29, 0.717) is 5.56 Å². The first-order valence-corrected chi connectivity index (χ1v) is 9.48. The maximum atomic E-state index is 13.1. The average Bonchev–Trinajstić information content (AvgIpc) is 2.82. The van der Waals surface area contributed by atoms with Gasteiger partial charge in [-0.1, -0.05) is 60.7 Å². The molecule has 134 valence electrons. The first-order valence-electron chi connectivity index (χ1n) is 7.94. The lowest BCUT2D eigenvalue weighted by Gasteiger charge is -2.10. The topological polar surface area (TPSA) is 86.7 Å². The summed E-state index contributed by atoms with van der Waals surface area (Å²) in [6, 6.07) is 16.2. The zero-order valence-corrected chi connectivity index (χ0v) is 14.7. The molecule has 1 aliphatic heterocycles. The molecule has 0 bridgehead atoms. The van der Waals surface area contributed by atoms with Gasteiger partial charge in [-0.05, 0) is 18.1 Å². The molecule has 1 aliphatic rings. The molecule has 0 fully saturated rings. The molecule has 3 rings (SSSR count). The number of benzene rings is 2. The second-order valence-corrected chi connectivity index (χ2v) is 7.48. The van der Waals surface area contributed by atoms with Crippen LogP contribution in [0.4, 0.5) is 4.79 Å². The number of rotatable bonds is 4. The van der Waals surface area contributed by atoms with Crippen molar-refractivity contribution in [1.29, 1.82) is 0 Å². The molecule has 0 aromatic heterocycles. The molecule has 0 saturated heterocycles. The van der Waals surface area contributed by atoms with Crippen molar-refractivity contribution in [1.82, 2.24) is 0 Å². The number of ketones is 1. The largest absolute Gasteiger partial charge is 0.513 e. The van der Waals surface area contributed by atoms with Crippen molar-refractivity contribution in [2.24, 2.45) is 0 Å². The molecule has 0 aliphatic carbocycles. The van der Waals surface area contributed by atoms with Gasteiger partial charge in [-0.25, -0.2) is 13.2 Å². The predicted octanol–water partition coefficient (Wildman–Crippen LogP) is 3.27. The van der Waals surface area contributed by atoms with Gasteiger partial charge in [0.25, 0.3) is 0 Å². The summed E-state index contributed by atoms with van der Waals surface area (Å²) >= 11 is 0. The van der Waals surface area contributed by atoms with Crippen LogP contribution in [-0.4, -0.2) is 27.0 Å². The van der Waals surface area contributed by atoms with Gasteiger partial charge in [0.05, 0.1) is 6.61 Å². The fourth-order valence-electron chi connectivity index (χ4n) is 2.79. The Morgan fingerprint density at radius 1 is 1.00 bits per heavy atom. The molecule has 1 unspecified atom stereocenters. The molecule has 1 heterocycles. The smallest absolute Gasteiger partial charge is 0.434 e. The van der Waals surface area contributed by atoms with Crippen molar-refractivity contribution in [2.45, 2.75) is 12.2 Å². The minimum absolute atomic E-state index is 0.0375. The summed E-state index contributed by atoms with van der Waals surface area (Å²) in [4.78, 5) is 24.3. The molecule has 1 atom stereocenters. The molecule has 7 heteroatoms. The molecule has 2 aromatic carbocycles. The Balaban J connectivity index is 2.16. The molecule has 0 radical (unpaired) electrons. The van der Waals surface area contributed by atoms with E-state index in [1.807, 2.05) is 0 Å². The highest BCUT2D eigenvalue weighted by molar-refractivity contribution is 8.02. The summed E-state index contributed by atoms with van der Waals surface area (Å²) in [6.45, 7) is 1.61. The van der Waals surface area contributed by atoms with Crippen LogP contribution in [0.15, 0.2) is 66.4 Å². The molecule has 26 heavy (non-hydrogen) atoms. The van der Waals surface area contributed by atoms with Crippen LogP contribution in [0.5, 0.6) is 0 Å². The first kappa shape index (κ1) is 17.9. The van der Waals surface area contributed by atoms with Crippen LogP contribution in [0, 0.1) is 0 Å². The third-order valence-electron chi connectivity index (χ3n) is 3.85. The Morgan fingerprint density at radius 3 is 2.15 bits per heavy atom. The standard InChI is InChI=1S/C19H16O6S/c1-2-24-19(21)25-16-15(20)17(13-9-5-3-6-10-13)26(22,23)18(16)14-11-7-4-8-12-14/h3-12,17H,2H2,1H3. The van der Waals surface area contributed by atoms with Crippen molar-refractivity contribution in [2.75, 3.05) is 6.61 Å². The highest BCUT2D eigenvalue weighted by Crippen LogP contribution is 2.44. The quantitative estimate of drug-likeness (QED) is 0.766. The number of hydrogen-bond acceptors (Lipinski definition) is 6. The number of Topliss-reactive ketones (excluding diaryl/α,β-unsaturated/α-hetero) is 1. The van der Waals surface area contributed by atoms with E-state index in [1.165, 1.54) is 0 Å². The third-order valence-corrected chi connectivity index (χ3v) is 5.95. The van der Waals surface area contributed by atoms with Crippen molar-refractivity contribution in [3.05, 3.63) is 77.5 Å². The van der Waals surface area contributed by atoms with Gasteiger partial charge in [-0.3, -0.25) is 4.79 Å². The van der Waals surface area contributed by atoms with Crippen LogP contribution in [0.1, 0.15) is 23.3 Å². The third kappa shape index (κ3) is 3.13. The molecule has 0 saturated carbocycles. The Morgan fingerprint density at radius 2 is 1.58 bits per heavy atom. The Labute approximate surface area is 151 Å². The van der Waals surface area contributed by atoms with Crippen LogP contribution >= 0.6 is 0 Å². The number of hydrogen-bond donors (Lipinski definition) is 0. The van der Waals surface area contributed by atoms with E-state index in [1.54, 1.807) is 67.6 Å². The maximum Gasteiger partial charge on any atom is 0.513 e. The minimum Gasteiger partial charge on any atom is -0.434 e. The van der Waals surface area contributed by atoms with Crippen LogP contribution < -0.4 is 0 Å². The van der Waals surface area contributed by atoms with E-state index in [2.05, 4.69) is 0 Å². The van der Waals surface area contributed by atoms with Gasteiger partial charge in [-0.15, -0.1) is 0 Å². The number of ether oxygens (including phenoxy) is 2. The lowest BCUT2D eigenvalue weighted by molar-refractivity contribution is -0.117. The van der Waals surface area contributed by atoms with E-state index >= 15 is 0 Å². The van der Waals surface area contributed by atoms with E-state index in [-0.39, 0.29) is 17.1 Å². The molecule has 2 aromatic rings. The Kier molecular flexibility index (Phi) is 4.90. The average molecular weight is 372 g/mol. The van der Waals surface area contributed by atoms with Gasteiger partial charge < -0.3 is 9.47 Å². The van der Waals surface area contributed by atoms with E-state index in [0.717, 1.165) is 0 Å². The lowest BCUT2D eigenvalue weighted by Crippen LogP contribution is -2.17. The fraction of sp³-hybridized carbons (Fsp3) is 0.158. The van der Waals surface area contributed by atoms with Gasteiger partial charge in [0.1, 0.15) is 4.91 Å². The van der Waals surface area contributed by atoms with Crippen molar-refractivity contribution in [3.8, 4) is 0 Å². The zero-order chi connectivity index (χ0) is 18.7. The molecule has 6 nitrogen and oxygen atoms in total. The highest BCUT2D eigenvalue weighted by atomic mass is 32.2. The van der Waals surface area contributed by atoms with Crippen LogP contribution in [0.2, 0.25) is 0 Å². The number of carbonyl (C=O) groups excluding carboxylic acids is 2. The minimum atomic E-state index is -4.10. The van der Waals surface area contributed by atoms with Gasteiger partial charge in [0, 0.05) is 0 Å². The zero-order valence-electron chi connectivity index (χ0n) is 13.9. The van der Waals surface area contributed by atoms with E-state index in [9.17, 15) is 18.0 Å². The number of allylic oxidation sites excluding steroid dienone is 1. The van der Waals surface area contributed by atoms with Crippen molar-refractivity contribution < 1.29 is 27.5 Å². The number of carbonyl (C=O) groups is 2. The van der Waals surface area contributed by atoms with E-state index < -0.39 is 32.8 Å². The van der Waals surface area contributed by atoms with Crippen LogP contribution in [0.25, 0.3) is 4.91 Å². The summed E-state index contributed by atoms with van der Waals surface area (Å²) in [5.74, 6) is -1.30. The lowest BCUT2D eigenvalue weighted by atomic mass is 10.1. The van der Waals surface area contributed by atoms with Crippen LogP contribution in [-0.2, 0) is 24.1 Å². The maximum absolute atomic E-state index is 13.1.